The highest BCUT2D eigenvalue weighted by Gasteiger charge is 2.28. The van der Waals surface area contributed by atoms with Crippen molar-refractivity contribution in [3.8, 4) is 0 Å². The molecule has 0 bridgehead atoms. The number of carbonyl (C=O) groups is 2. The summed E-state index contributed by atoms with van der Waals surface area (Å²) in [4.78, 5) is 32.4. The molecule has 0 saturated heterocycles. The van der Waals surface area contributed by atoms with E-state index in [1.807, 2.05) is 30.3 Å². The highest BCUT2D eigenvalue weighted by Crippen LogP contribution is 2.34. The SMILES string of the molecule is NC(=O)c1ccc(N[C@H](CC2CC2)C(N)=O)nc1Nc1ccc2cccnc2c1. The van der Waals surface area contributed by atoms with E-state index >= 15 is 0 Å². The van der Waals surface area contributed by atoms with Crippen molar-refractivity contribution in [1.82, 2.24) is 9.97 Å². The van der Waals surface area contributed by atoms with Gasteiger partial charge in [-0.2, -0.15) is 0 Å². The maximum Gasteiger partial charge on any atom is 0.252 e. The Morgan fingerprint density at radius 3 is 2.69 bits per heavy atom. The Bertz CT molecular complexity index is 1080. The van der Waals surface area contributed by atoms with Crippen molar-refractivity contribution in [1.29, 1.82) is 0 Å². The largest absolute Gasteiger partial charge is 0.368 e. The molecule has 8 heteroatoms. The number of hydrogen-bond acceptors (Lipinski definition) is 6. The molecule has 1 aliphatic carbocycles. The van der Waals surface area contributed by atoms with E-state index in [1.165, 1.54) is 0 Å². The first kappa shape index (κ1) is 18.7. The van der Waals surface area contributed by atoms with E-state index in [0.29, 0.717) is 29.7 Å². The molecule has 1 aliphatic rings. The van der Waals surface area contributed by atoms with Gasteiger partial charge < -0.3 is 22.1 Å². The lowest BCUT2D eigenvalue weighted by Gasteiger charge is -2.17. The van der Waals surface area contributed by atoms with Crippen LogP contribution in [0, 0.1) is 5.92 Å². The molecular formula is C21H22N6O2. The van der Waals surface area contributed by atoms with Crippen LogP contribution in [0.5, 0.6) is 0 Å². The second-order valence-electron chi connectivity index (χ2n) is 7.27. The first-order valence-corrected chi connectivity index (χ1v) is 9.48. The van der Waals surface area contributed by atoms with Crippen molar-refractivity contribution >= 4 is 40.0 Å². The van der Waals surface area contributed by atoms with Crippen LogP contribution in [0.2, 0.25) is 0 Å². The van der Waals surface area contributed by atoms with E-state index in [9.17, 15) is 9.59 Å². The molecule has 148 valence electrons. The zero-order valence-corrected chi connectivity index (χ0v) is 15.8. The summed E-state index contributed by atoms with van der Waals surface area (Å²) >= 11 is 0. The van der Waals surface area contributed by atoms with Gasteiger partial charge >= 0.3 is 0 Å². The van der Waals surface area contributed by atoms with Gasteiger partial charge in [0.1, 0.15) is 17.7 Å². The Labute approximate surface area is 167 Å². The number of amides is 2. The number of anilines is 3. The van der Waals surface area contributed by atoms with Crippen LogP contribution in [0.1, 0.15) is 29.6 Å². The molecule has 1 aromatic carbocycles. The van der Waals surface area contributed by atoms with E-state index in [2.05, 4.69) is 20.6 Å². The number of nitrogens with zero attached hydrogens (tertiary/aromatic N) is 2. The Morgan fingerprint density at radius 2 is 1.97 bits per heavy atom. The number of carbonyl (C=O) groups excluding carboxylic acids is 2. The fourth-order valence-corrected chi connectivity index (χ4v) is 3.23. The van der Waals surface area contributed by atoms with E-state index in [-0.39, 0.29) is 5.56 Å². The van der Waals surface area contributed by atoms with E-state index in [0.717, 1.165) is 23.7 Å². The maximum absolute atomic E-state index is 11.9. The van der Waals surface area contributed by atoms with Crippen molar-refractivity contribution in [2.24, 2.45) is 17.4 Å². The summed E-state index contributed by atoms with van der Waals surface area (Å²) in [7, 11) is 0. The normalized spacial score (nSPS) is 14.3. The number of hydrogen-bond donors (Lipinski definition) is 4. The molecule has 0 aliphatic heterocycles. The molecule has 8 nitrogen and oxygen atoms in total. The average molecular weight is 390 g/mol. The van der Waals surface area contributed by atoms with Gasteiger partial charge in [-0.15, -0.1) is 0 Å². The summed E-state index contributed by atoms with van der Waals surface area (Å²) < 4.78 is 0. The van der Waals surface area contributed by atoms with Crippen LogP contribution in [-0.4, -0.2) is 27.8 Å². The van der Waals surface area contributed by atoms with Crippen LogP contribution in [-0.2, 0) is 4.79 Å². The van der Waals surface area contributed by atoms with Crippen molar-refractivity contribution in [3.05, 3.63) is 54.2 Å². The zero-order chi connectivity index (χ0) is 20.4. The highest BCUT2D eigenvalue weighted by atomic mass is 16.1. The summed E-state index contributed by atoms with van der Waals surface area (Å²) in [6.45, 7) is 0. The summed E-state index contributed by atoms with van der Waals surface area (Å²) in [6.07, 6.45) is 4.62. The third-order valence-corrected chi connectivity index (χ3v) is 4.96. The van der Waals surface area contributed by atoms with Crippen LogP contribution in [0.4, 0.5) is 17.3 Å². The second kappa shape index (κ2) is 7.75. The van der Waals surface area contributed by atoms with Gasteiger partial charge in [-0.25, -0.2) is 4.98 Å². The molecule has 4 rings (SSSR count). The minimum atomic E-state index is -0.602. The Morgan fingerprint density at radius 1 is 1.14 bits per heavy atom. The minimum Gasteiger partial charge on any atom is -0.368 e. The standard InChI is InChI=1S/C21H22N6O2/c22-19(28)15-7-8-18(26-17(20(23)29)10-12-3-4-12)27-21(15)25-14-6-5-13-2-1-9-24-16(13)11-14/h1-2,5-9,11-12,17H,3-4,10H2,(H2,22,28)(H2,23,29)(H2,25,26,27)/t17-/m1/s1. The topological polar surface area (TPSA) is 136 Å². The summed E-state index contributed by atoms with van der Waals surface area (Å²) in [5.41, 5.74) is 12.8. The van der Waals surface area contributed by atoms with Gasteiger partial charge in [0.25, 0.3) is 5.91 Å². The van der Waals surface area contributed by atoms with Crippen LogP contribution >= 0.6 is 0 Å². The van der Waals surface area contributed by atoms with E-state index in [4.69, 9.17) is 11.5 Å². The molecule has 1 fully saturated rings. The van der Waals surface area contributed by atoms with Crippen molar-refractivity contribution in [2.75, 3.05) is 10.6 Å². The Hall–Kier alpha value is -3.68. The quantitative estimate of drug-likeness (QED) is 0.467. The molecule has 2 amide bonds. The van der Waals surface area contributed by atoms with Crippen molar-refractivity contribution in [3.63, 3.8) is 0 Å². The Kier molecular flexibility index (Phi) is 4.99. The predicted molar refractivity (Wildman–Crippen MR) is 112 cm³/mol. The molecular weight excluding hydrogens is 368 g/mol. The van der Waals surface area contributed by atoms with Crippen molar-refractivity contribution < 1.29 is 9.59 Å². The first-order chi connectivity index (χ1) is 14.0. The number of benzene rings is 1. The lowest BCUT2D eigenvalue weighted by molar-refractivity contribution is -0.118. The molecule has 0 spiro atoms. The number of fused-ring (bicyclic) bond motifs is 1. The lowest BCUT2D eigenvalue weighted by Crippen LogP contribution is -2.36. The molecule has 3 aromatic rings. The minimum absolute atomic E-state index is 0.245. The van der Waals surface area contributed by atoms with E-state index < -0.39 is 17.9 Å². The van der Waals surface area contributed by atoms with Gasteiger partial charge in [-0.05, 0) is 42.7 Å². The van der Waals surface area contributed by atoms with Gasteiger partial charge in [-0.1, -0.05) is 25.0 Å². The number of primary amides is 2. The fourth-order valence-electron chi connectivity index (χ4n) is 3.23. The number of aromatic nitrogens is 2. The molecule has 0 unspecified atom stereocenters. The van der Waals surface area contributed by atoms with Crippen molar-refractivity contribution in [2.45, 2.75) is 25.3 Å². The number of nitrogens with two attached hydrogens (primary N) is 2. The van der Waals surface area contributed by atoms with Crippen LogP contribution in [0.3, 0.4) is 0 Å². The van der Waals surface area contributed by atoms with Gasteiger partial charge in [0.05, 0.1) is 11.1 Å². The lowest BCUT2D eigenvalue weighted by atomic mass is 10.1. The molecule has 1 atom stereocenters. The highest BCUT2D eigenvalue weighted by molar-refractivity contribution is 5.99. The van der Waals surface area contributed by atoms with Gasteiger partial charge in [0.2, 0.25) is 5.91 Å². The molecule has 1 saturated carbocycles. The molecule has 6 N–H and O–H groups in total. The third kappa shape index (κ3) is 4.43. The predicted octanol–water partition coefficient (Wildman–Crippen LogP) is 2.54. The average Bonchev–Trinajstić information content (AvgIpc) is 3.51. The maximum atomic E-state index is 11.9. The molecule has 29 heavy (non-hydrogen) atoms. The van der Waals surface area contributed by atoms with Crippen LogP contribution in [0.15, 0.2) is 48.7 Å². The summed E-state index contributed by atoms with van der Waals surface area (Å²) in [6, 6.07) is 12.2. The fraction of sp³-hybridized carbons (Fsp3) is 0.238. The number of rotatable bonds is 8. The van der Waals surface area contributed by atoms with Crippen LogP contribution < -0.4 is 22.1 Å². The van der Waals surface area contributed by atoms with Gasteiger partial charge in [-0.3, -0.25) is 14.6 Å². The molecule has 2 heterocycles. The van der Waals surface area contributed by atoms with Crippen LogP contribution in [0.25, 0.3) is 10.9 Å². The third-order valence-electron chi connectivity index (χ3n) is 4.96. The number of pyridine rings is 2. The monoisotopic (exact) mass is 390 g/mol. The summed E-state index contributed by atoms with van der Waals surface area (Å²) in [5.74, 6) is 0.239. The smallest absolute Gasteiger partial charge is 0.252 e. The molecule has 2 aromatic heterocycles. The first-order valence-electron chi connectivity index (χ1n) is 9.48. The second-order valence-corrected chi connectivity index (χ2v) is 7.27. The number of nitrogens with one attached hydrogen (secondary N) is 2. The molecule has 0 radical (unpaired) electrons. The van der Waals surface area contributed by atoms with Gasteiger partial charge in [0, 0.05) is 17.3 Å². The van der Waals surface area contributed by atoms with E-state index in [1.54, 1.807) is 18.3 Å². The zero-order valence-electron chi connectivity index (χ0n) is 15.8. The summed E-state index contributed by atoms with van der Waals surface area (Å²) in [5, 5.41) is 7.22. The van der Waals surface area contributed by atoms with Gasteiger partial charge in [0.15, 0.2) is 0 Å². The Balaban J connectivity index is 1.61.